The molecule has 4 heteroatoms. The maximum absolute atomic E-state index is 5.35. The van der Waals surface area contributed by atoms with Crippen LogP contribution in [0.15, 0.2) is 22.6 Å². The van der Waals surface area contributed by atoms with Gasteiger partial charge >= 0.3 is 0 Å². The fourth-order valence-electron chi connectivity index (χ4n) is 1.37. The van der Waals surface area contributed by atoms with E-state index in [1.165, 1.54) is 5.56 Å². The highest BCUT2D eigenvalue weighted by Gasteiger charge is 2.08. The molecule has 0 fully saturated rings. The van der Waals surface area contributed by atoms with Crippen LogP contribution in [0.4, 0.5) is 0 Å². The SMILES string of the molecule is Cc1ccc(-c2nnc(I)o2)c(C)c1. The van der Waals surface area contributed by atoms with Gasteiger partial charge in [0.25, 0.3) is 3.90 Å². The average Bonchev–Trinajstić information content (AvgIpc) is 2.51. The molecule has 0 saturated heterocycles. The van der Waals surface area contributed by atoms with Gasteiger partial charge in [0.2, 0.25) is 5.89 Å². The number of nitrogens with zero attached hydrogens (tertiary/aromatic N) is 2. The van der Waals surface area contributed by atoms with E-state index in [2.05, 4.69) is 23.2 Å². The van der Waals surface area contributed by atoms with Crippen molar-refractivity contribution in [2.45, 2.75) is 13.8 Å². The molecule has 0 saturated carbocycles. The summed E-state index contributed by atoms with van der Waals surface area (Å²) in [6.07, 6.45) is 0. The fraction of sp³-hybridized carbons (Fsp3) is 0.200. The first-order chi connectivity index (χ1) is 6.66. The van der Waals surface area contributed by atoms with Crippen LogP contribution in [0.3, 0.4) is 0 Å². The van der Waals surface area contributed by atoms with Gasteiger partial charge in [-0.3, -0.25) is 0 Å². The lowest BCUT2D eigenvalue weighted by Gasteiger charge is -2.01. The maximum atomic E-state index is 5.35. The van der Waals surface area contributed by atoms with Crippen LogP contribution < -0.4 is 0 Å². The number of aryl methyl sites for hydroxylation is 2. The Morgan fingerprint density at radius 3 is 2.57 bits per heavy atom. The van der Waals surface area contributed by atoms with Gasteiger partial charge in [-0.25, -0.2) is 0 Å². The molecule has 3 nitrogen and oxygen atoms in total. The minimum Gasteiger partial charge on any atom is -0.412 e. The quantitative estimate of drug-likeness (QED) is 0.760. The molecule has 1 aromatic heterocycles. The van der Waals surface area contributed by atoms with Gasteiger partial charge in [-0.05, 0) is 25.5 Å². The third kappa shape index (κ3) is 1.79. The highest BCUT2D eigenvalue weighted by molar-refractivity contribution is 14.1. The molecule has 0 radical (unpaired) electrons. The van der Waals surface area contributed by atoms with E-state index in [-0.39, 0.29) is 0 Å². The Balaban J connectivity index is 2.52. The predicted octanol–water partition coefficient (Wildman–Crippen LogP) is 2.96. The van der Waals surface area contributed by atoms with Gasteiger partial charge in [0.15, 0.2) is 0 Å². The van der Waals surface area contributed by atoms with Gasteiger partial charge in [-0.1, -0.05) is 17.7 Å². The van der Waals surface area contributed by atoms with Gasteiger partial charge in [0.1, 0.15) is 0 Å². The van der Waals surface area contributed by atoms with Gasteiger partial charge in [-0.2, -0.15) is 0 Å². The first-order valence-electron chi connectivity index (χ1n) is 4.23. The minimum absolute atomic E-state index is 0.567. The molecule has 14 heavy (non-hydrogen) atoms. The molecule has 0 spiro atoms. The second-order valence-corrected chi connectivity index (χ2v) is 4.10. The molecule has 72 valence electrons. The van der Waals surface area contributed by atoms with Crippen molar-refractivity contribution >= 4 is 22.6 Å². The summed E-state index contributed by atoms with van der Waals surface area (Å²) in [4.78, 5) is 0. The maximum Gasteiger partial charge on any atom is 0.278 e. The number of halogens is 1. The van der Waals surface area contributed by atoms with Crippen LogP contribution in [-0.2, 0) is 0 Å². The summed E-state index contributed by atoms with van der Waals surface area (Å²) in [5, 5.41) is 7.78. The van der Waals surface area contributed by atoms with Gasteiger partial charge < -0.3 is 4.42 Å². The lowest BCUT2D eigenvalue weighted by molar-refractivity contribution is 0.536. The van der Waals surface area contributed by atoms with Crippen LogP contribution in [0.1, 0.15) is 11.1 Å². The monoisotopic (exact) mass is 300 g/mol. The summed E-state index contributed by atoms with van der Waals surface area (Å²) in [6, 6.07) is 6.15. The predicted molar refractivity (Wildman–Crippen MR) is 61.9 cm³/mol. The molecule has 0 bridgehead atoms. The van der Waals surface area contributed by atoms with Crippen molar-refractivity contribution in [2.75, 3.05) is 0 Å². The minimum atomic E-state index is 0.567. The molecule has 1 heterocycles. The standard InChI is InChI=1S/C10H9IN2O/c1-6-3-4-8(7(2)5-6)9-12-13-10(11)14-9/h3-5H,1-2H3. The van der Waals surface area contributed by atoms with E-state index in [0.29, 0.717) is 9.79 Å². The second kappa shape index (κ2) is 3.68. The lowest BCUT2D eigenvalue weighted by Crippen LogP contribution is -1.84. The number of hydrogen-bond donors (Lipinski definition) is 0. The third-order valence-electron chi connectivity index (χ3n) is 2.01. The van der Waals surface area contributed by atoms with E-state index in [1.54, 1.807) is 0 Å². The van der Waals surface area contributed by atoms with E-state index in [1.807, 2.05) is 41.6 Å². The second-order valence-electron chi connectivity index (χ2n) is 3.18. The molecule has 0 atom stereocenters. The molecular formula is C10H9IN2O. The number of rotatable bonds is 1. The van der Waals surface area contributed by atoms with Crippen molar-refractivity contribution in [1.82, 2.24) is 10.2 Å². The van der Waals surface area contributed by atoms with Crippen LogP contribution in [0.5, 0.6) is 0 Å². The van der Waals surface area contributed by atoms with Crippen molar-refractivity contribution in [3.05, 3.63) is 33.2 Å². The summed E-state index contributed by atoms with van der Waals surface area (Å²) in [5.41, 5.74) is 3.40. The van der Waals surface area contributed by atoms with E-state index < -0.39 is 0 Å². The average molecular weight is 300 g/mol. The smallest absolute Gasteiger partial charge is 0.278 e. The Morgan fingerprint density at radius 2 is 2.00 bits per heavy atom. The third-order valence-corrected chi connectivity index (χ3v) is 2.45. The van der Waals surface area contributed by atoms with Crippen LogP contribution in [0.2, 0.25) is 0 Å². The van der Waals surface area contributed by atoms with Crippen molar-refractivity contribution in [3.63, 3.8) is 0 Å². The van der Waals surface area contributed by atoms with Crippen molar-refractivity contribution in [2.24, 2.45) is 0 Å². The first-order valence-corrected chi connectivity index (χ1v) is 5.31. The van der Waals surface area contributed by atoms with Gasteiger partial charge in [0, 0.05) is 28.2 Å². The number of hydrogen-bond acceptors (Lipinski definition) is 3. The molecule has 2 rings (SSSR count). The largest absolute Gasteiger partial charge is 0.412 e. The van der Waals surface area contributed by atoms with E-state index in [4.69, 9.17) is 4.42 Å². The molecular weight excluding hydrogens is 291 g/mol. The van der Waals surface area contributed by atoms with Crippen LogP contribution >= 0.6 is 22.6 Å². The number of benzene rings is 1. The molecule has 0 amide bonds. The summed E-state index contributed by atoms with van der Waals surface area (Å²) in [5.74, 6) is 0.590. The van der Waals surface area contributed by atoms with E-state index in [9.17, 15) is 0 Å². The summed E-state index contributed by atoms with van der Waals surface area (Å²) < 4.78 is 5.92. The lowest BCUT2D eigenvalue weighted by atomic mass is 10.1. The highest BCUT2D eigenvalue weighted by atomic mass is 127. The van der Waals surface area contributed by atoms with E-state index in [0.717, 1.165) is 11.1 Å². The topological polar surface area (TPSA) is 38.9 Å². The zero-order valence-corrected chi connectivity index (χ0v) is 10.1. The Morgan fingerprint density at radius 1 is 1.21 bits per heavy atom. The van der Waals surface area contributed by atoms with Crippen LogP contribution in [-0.4, -0.2) is 10.2 Å². The Kier molecular flexibility index (Phi) is 2.54. The summed E-state index contributed by atoms with van der Waals surface area (Å²) >= 11 is 2.01. The summed E-state index contributed by atoms with van der Waals surface area (Å²) in [6.45, 7) is 4.10. The normalized spacial score (nSPS) is 10.5. The zero-order valence-electron chi connectivity index (χ0n) is 7.91. The van der Waals surface area contributed by atoms with Gasteiger partial charge in [-0.15, -0.1) is 10.2 Å². The van der Waals surface area contributed by atoms with Crippen molar-refractivity contribution in [1.29, 1.82) is 0 Å². The molecule has 0 N–H and O–H groups in total. The first kappa shape index (κ1) is 9.64. The zero-order chi connectivity index (χ0) is 10.1. The fourth-order valence-corrected chi connectivity index (χ4v) is 1.68. The molecule has 2 aromatic rings. The highest BCUT2D eigenvalue weighted by Crippen LogP contribution is 2.23. The molecule has 0 aliphatic carbocycles. The molecule has 0 aliphatic heterocycles. The Bertz CT molecular complexity index is 465. The van der Waals surface area contributed by atoms with Crippen LogP contribution in [0.25, 0.3) is 11.5 Å². The Hall–Kier alpha value is -0.910. The van der Waals surface area contributed by atoms with E-state index >= 15 is 0 Å². The van der Waals surface area contributed by atoms with Crippen LogP contribution in [0, 0.1) is 17.7 Å². The molecule has 1 aromatic carbocycles. The van der Waals surface area contributed by atoms with Crippen molar-refractivity contribution < 1.29 is 4.42 Å². The summed E-state index contributed by atoms with van der Waals surface area (Å²) in [7, 11) is 0. The number of aromatic nitrogens is 2. The molecule has 0 aliphatic rings. The molecule has 0 unspecified atom stereocenters. The van der Waals surface area contributed by atoms with Gasteiger partial charge in [0.05, 0.1) is 0 Å². The Labute approximate surface area is 95.7 Å². The van der Waals surface area contributed by atoms with Crippen molar-refractivity contribution in [3.8, 4) is 11.5 Å².